The average molecular weight is 287 g/mol. The molecule has 0 rings (SSSR count). The molecule has 3 nitrogen and oxygen atoms in total. The molecule has 9 heteroatoms. The van der Waals surface area contributed by atoms with Crippen LogP contribution in [0.1, 0.15) is 6.92 Å². The maximum absolute atomic E-state index is 12.3. The highest BCUT2D eigenvalue weighted by molar-refractivity contribution is 8.13. The largest absolute Gasteiger partial charge is 0.375 e. The molecule has 0 aromatic rings. The standard InChI is InChI=1S/C7H11ClF4O3S/c1-5(3-16(8,13)14)2-15-4-7(11,12)6(9)10/h5-6H,2-4H2,1H3. The summed E-state index contributed by atoms with van der Waals surface area (Å²) in [5.74, 6) is -5.33. The molecule has 0 aliphatic heterocycles. The van der Waals surface area contributed by atoms with Gasteiger partial charge in [0.25, 0.3) is 0 Å². The van der Waals surface area contributed by atoms with Crippen molar-refractivity contribution in [1.29, 1.82) is 0 Å². The van der Waals surface area contributed by atoms with Crippen molar-refractivity contribution in [2.75, 3.05) is 19.0 Å². The zero-order valence-corrected chi connectivity index (χ0v) is 9.87. The van der Waals surface area contributed by atoms with Crippen molar-refractivity contribution in [1.82, 2.24) is 0 Å². The summed E-state index contributed by atoms with van der Waals surface area (Å²) in [5.41, 5.74) is 0. The normalized spacial score (nSPS) is 15.4. The highest BCUT2D eigenvalue weighted by Gasteiger charge is 2.41. The third-order valence-corrected chi connectivity index (χ3v) is 2.84. The van der Waals surface area contributed by atoms with Crippen LogP contribution < -0.4 is 0 Å². The molecule has 0 bridgehead atoms. The summed E-state index contributed by atoms with van der Waals surface area (Å²) >= 11 is 0. The first-order valence-corrected chi connectivity index (χ1v) is 6.68. The Balaban J connectivity index is 3.91. The highest BCUT2D eigenvalue weighted by Crippen LogP contribution is 2.23. The van der Waals surface area contributed by atoms with Crippen LogP contribution in [-0.2, 0) is 13.8 Å². The number of hydrogen-bond donors (Lipinski definition) is 0. The molecule has 0 spiro atoms. The van der Waals surface area contributed by atoms with Crippen LogP contribution in [0.3, 0.4) is 0 Å². The van der Waals surface area contributed by atoms with Crippen molar-refractivity contribution >= 4 is 19.7 Å². The molecule has 0 N–H and O–H groups in total. The van der Waals surface area contributed by atoms with Crippen LogP contribution in [0.2, 0.25) is 0 Å². The van der Waals surface area contributed by atoms with Crippen LogP contribution in [0.25, 0.3) is 0 Å². The minimum Gasteiger partial charge on any atom is -0.375 e. The summed E-state index contributed by atoms with van der Waals surface area (Å²) in [7, 11) is 1.15. The maximum atomic E-state index is 12.3. The van der Waals surface area contributed by atoms with Crippen molar-refractivity contribution in [3.8, 4) is 0 Å². The van der Waals surface area contributed by atoms with E-state index in [1.54, 1.807) is 0 Å². The van der Waals surface area contributed by atoms with E-state index in [2.05, 4.69) is 4.74 Å². The van der Waals surface area contributed by atoms with Crippen LogP contribution in [0.4, 0.5) is 17.6 Å². The number of hydrogen-bond acceptors (Lipinski definition) is 3. The first kappa shape index (κ1) is 15.9. The predicted molar refractivity (Wildman–Crippen MR) is 50.6 cm³/mol. The Hall–Kier alpha value is -0.0800. The van der Waals surface area contributed by atoms with Gasteiger partial charge in [0.2, 0.25) is 9.05 Å². The first-order valence-electron chi connectivity index (χ1n) is 4.20. The molecule has 0 radical (unpaired) electrons. The van der Waals surface area contributed by atoms with E-state index < -0.39 is 39.7 Å². The van der Waals surface area contributed by atoms with Crippen LogP contribution in [0.5, 0.6) is 0 Å². The number of alkyl halides is 4. The molecule has 16 heavy (non-hydrogen) atoms. The molecule has 98 valence electrons. The van der Waals surface area contributed by atoms with Crippen molar-refractivity contribution in [3.63, 3.8) is 0 Å². The number of halogens is 5. The van der Waals surface area contributed by atoms with Crippen LogP contribution in [0, 0.1) is 5.92 Å². The molecule has 0 aliphatic rings. The van der Waals surface area contributed by atoms with E-state index >= 15 is 0 Å². The van der Waals surface area contributed by atoms with E-state index in [9.17, 15) is 26.0 Å². The Kier molecular flexibility index (Phi) is 5.99. The van der Waals surface area contributed by atoms with E-state index in [4.69, 9.17) is 10.7 Å². The SMILES string of the molecule is CC(COCC(F)(F)C(F)F)CS(=O)(=O)Cl. The molecular weight excluding hydrogens is 276 g/mol. The van der Waals surface area contributed by atoms with Crippen molar-refractivity contribution in [2.45, 2.75) is 19.3 Å². The van der Waals surface area contributed by atoms with Gasteiger partial charge >= 0.3 is 12.3 Å². The second-order valence-corrected chi connectivity index (χ2v) is 6.21. The van der Waals surface area contributed by atoms with Crippen LogP contribution in [-0.4, -0.2) is 39.7 Å². The van der Waals surface area contributed by atoms with Crippen LogP contribution in [0.15, 0.2) is 0 Å². The summed E-state index contributed by atoms with van der Waals surface area (Å²) in [6, 6.07) is 0. The zero-order chi connectivity index (χ0) is 13.0. The summed E-state index contributed by atoms with van der Waals surface area (Å²) in [6.07, 6.45) is -3.81. The lowest BCUT2D eigenvalue weighted by Crippen LogP contribution is -2.33. The summed E-state index contributed by atoms with van der Waals surface area (Å²) < 4.78 is 73.4. The molecule has 0 aliphatic carbocycles. The Morgan fingerprint density at radius 3 is 2.25 bits per heavy atom. The fourth-order valence-corrected chi connectivity index (χ4v) is 2.27. The Morgan fingerprint density at radius 2 is 1.88 bits per heavy atom. The van der Waals surface area contributed by atoms with Gasteiger partial charge in [-0.2, -0.15) is 8.78 Å². The second-order valence-electron chi connectivity index (χ2n) is 3.39. The zero-order valence-electron chi connectivity index (χ0n) is 8.30. The Bertz CT molecular complexity index is 307. The van der Waals surface area contributed by atoms with Gasteiger partial charge in [0, 0.05) is 10.7 Å². The summed E-state index contributed by atoms with van der Waals surface area (Å²) in [4.78, 5) is 0. The molecular formula is C7H11ClF4O3S. The number of rotatable bonds is 7. The lowest BCUT2D eigenvalue weighted by Gasteiger charge is -2.16. The van der Waals surface area contributed by atoms with E-state index in [-0.39, 0.29) is 6.61 Å². The summed E-state index contributed by atoms with van der Waals surface area (Å²) in [6.45, 7) is -0.438. The molecule has 0 aromatic carbocycles. The molecule has 0 saturated carbocycles. The van der Waals surface area contributed by atoms with Gasteiger partial charge in [-0.3, -0.25) is 0 Å². The Morgan fingerprint density at radius 1 is 1.38 bits per heavy atom. The molecule has 0 saturated heterocycles. The topological polar surface area (TPSA) is 43.4 Å². The number of ether oxygens (including phenoxy) is 1. The van der Waals surface area contributed by atoms with Gasteiger partial charge in [-0.15, -0.1) is 0 Å². The van der Waals surface area contributed by atoms with Gasteiger partial charge in [0.1, 0.15) is 6.61 Å². The van der Waals surface area contributed by atoms with E-state index in [0.717, 1.165) is 0 Å². The first-order chi connectivity index (χ1) is 7.04. The third kappa shape index (κ3) is 7.24. The highest BCUT2D eigenvalue weighted by atomic mass is 35.7. The molecule has 0 aromatic heterocycles. The van der Waals surface area contributed by atoms with Crippen molar-refractivity contribution in [3.05, 3.63) is 0 Å². The van der Waals surface area contributed by atoms with E-state index in [1.807, 2.05) is 0 Å². The minimum atomic E-state index is -4.22. The fraction of sp³-hybridized carbons (Fsp3) is 1.00. The molecule has 0 heterocycles. The lowest BCUT2D eigenvalue weighted by atomic mass is 10.2. The second kappa shape index (κ2) is 6.02. The smallest absolute Gasteiger partial charge is 0.330 e. The molecule has 1 atom stereocenters. The third-order valence-electron chi connectivity index (χ3n) is 1.50. The van der Waals surface area contributed by atoms with Crippen molar-refractivity contribution < 1.29 is 30.7 Å². The average Bonchev–Trinajstić information content (AvgIpc) is 1.99. The van der Waals surface area contributed by atoms with Gasteiger partial charge < -0.3 is 4.74 Å². The van der Waals surface area contributed by atoms with Gasteiger partial charge in [-0.1, -0.05) is 6.92 Å². The quantitative estimate of drug-likeness (QED) is 0.532. The van der Waals surface area contributed by atoms with E-state index in [0.29, 0.717) is 0 Å². The van der Waals surface area contributed by atoms with Gasteiger partial charge in [0.05, 0.1) is 12.4 Å². The predicted octanol–water partition coefficient (Wildman–Crippen LogP) is 2.11. The van der Waals surface area contributed by atoms with Gasteiger partial charge in [-0.05, 0) is 5.92 Å². The molecule has 0 fully saturated rings. The lowest BCUT2D eigenvalue weighted by molar-refractivity contribution is -0.167. The fourth-order valence-electron chi connectivity index (χ4n) is 0.847. The van der Waals surface area contributed by atoms with E-state index in [1.165, 1.54) is 6.92 Å². The molecule has 0 amide bonds. The van der Waals surface area contributed by atoms with Crippen molar-refractivity contribution in [2.24, 2.45) is 5.92 Å². The Labute approximate surface area is 95.1 Å². The molecule has 1 unspecified atom stereocenters. The van der Waals surface area contributed by atoms with Gasteiger partial charge in [-0.25, -0.2) is 17.2 Å². The minimum absolute atomic E-state index is 0.381. The summed E-state index contributed by atoms with van der Waals surface area (Å²) in [5, 5.41) is 0. The monoisotopic (exact) mass is 286 g/mol. The maximum Gasteiger partial charge on any atom is 0.330 e. The van der Waals surface area contributed by atoms with Gasteiger partial charge in [0.15, 0.2) is 0 Å². The van der Waals surface area contributed by atoms with Crippen LogP contribution >= 0.6 is 10.7 Å².